The van der Waals surface area contributed by atoms with Crippen molar-refractivity contribution in [1.82, 2.24) is 29.1 Å². The van der Waals surface area contributed by atoms with Gasteiger partial charge in [-0.15, -0.1) is 0 Å². The third kappa shape index (κ3) is 5.56. The van der Waals surface area contributed by atoms with Crippen molar-refractivity contribution < 1.29 is 13.3 Å². The SMILES string of the molecule is c1cc(-c2ccc3oc4ccccc4c3c2)nc(-n2c3ccccc3c3ccc4c5ccccc5n(-c5nc(-c6ccc7oc8ccccc8c7c6)nc(-c6ccc7oc8ccccc8c7c6)n5)c4c32)c1. The van der Waals surface area contributed by atoms with Crippen LogP contribution >= 0.6 is 0 Å². The quantitative estimate of drug-likeness (QED) is 0.169. The number of pyridine rings is 1. The van der Waals surface area contributed by atoms with Gasteiger partial charge in [0.1, 0.15) is 39.3 Å². The Kier molecular flexibility index (Phi) is 7.70. The number of benzene rings is 9. The molecule has 0 unspecified atom stereocenters. The van der Waals surface area contributed by atoms with E-state index in [4.69, 9.17) is 33.2 Å². The lowest BCUT2D eigenvalue weighted by molar-refractivity contribution is 0.668. The van der Waals surface area contributed by atoms with Crippen LogP contribution in [0.25, 0.3) is 155 Å². The van der Waals surface area contributed by atoms with Gasteiger partial charge in [0.2, 0.25) is 5.95 Å². The molecule has 0 radical (unpaired) electrons. The van der Waals surface area contributed by atoms with Crippen molar-refractivity contribution in [2.24, 2.45) is 0 Å². The second-order valence-electron chi connectivity index (χ2n) is 18.2. The molecule has 0 amide bonds. The van der Waals surface area contributed by atoms with Crippen molar-refractivity contribution in [3.8, 4) is 45.8 Å². The van der Waals surface area contributed by atoms with Crippen LogP contribution in [-0.2, 0) is 0 Å². The van der Waals surface area contributed by atoms with Crippen molar-refractivity contribution in [3.63, 3.8) is 0 Å². The van der Waals surface area contributed by atoms with Crippen LogP contribution in [-0.4, -0.2) is 29.1 Å². The first-order chi connectivity index (χ1) is 35.2. The minimum Gasteiger partial charge on any atom is -0.456 e. The van der Waals surface area contributed by atoms with Crippen LogP contribution in [0.5, 0.6) is 0 Å². The number of hydrogen-bond acceptors (Lipinski definition) is 7. The van der Waals surface area contributed by atoms with E-state index in [-0.39, 0.29) is 0 Å². The first kappa shape index (κ1) is 38.1. The highest BCUT2D eigenvalue weighted by molar-refractivity contribution is 6.24. The van der Waals surface area contributed by atoms with Gasteiger partial charge in [0.25, 0.3) is 0 Å². The molecule has 0 bridgehead atoms. The van der Waals surface area contributed by atoms with Gasteiger partial charge in [-0.1, -0.05) is 109 Å². The Morgan fingerprint density at radius 2 is 0.704 bits per heavy atom. The topological polar surface area (TPSA) is 101 Å². The van der Waals surface area contributed by atoms with Gasteiger partial charge in [-0.25, -0.2) is 9.97 Å². The van der Waals surface area contributed by atoms with Gasteiger partial charge >= 0.3 is 0 Å². The standard InChI is InChI=1S/C62H34N6O3/c1-6-18-49-38(12-1)43-27-28-44-39-13-2-7-19-50(39)68(59(44)58(43)67(49)57-23-11-17-48(63-57)35-24-29-54-45(32-35)40-14-3-8-20-51(40)69-54)62-65-60(36-25-30-55-46(33-36)41-15-4-9-21-52(41)70-55)64-61(66-62)37-26-31-56-47(34-37)42-16-5-10-22-53(42)71-56/h1-34H. The van der Waals surface area contributed by atoms with Crippen LogP contribution in [0.15, 0.2) is 220 Å². The molecule has 9 aromatic carbocycles. The molecule has 9 heteroatoms. The van der Waals surface area contributed by atoms with Gasteiger partial charge in [-0.05, 0) is 97.1 Å². The third-order valence-electron chi connectivity index (χ3n) is 14.2. The van der Waals surface area contributed by atoms with Crippen molar-refractivity contribution in [1.29, 1.82) is 0 Å². The largest absolute Gasteiger partial charge is 0.456 e. The van der Waals surface area contributed by atoms with Crippen LogP contribution in [0.2, 0.25) is 0 Å². The highest BCUT2D eigenvalue weighted by Crippen LogP contribution is 2.43. The second kappa shape index (κ2) is 14.3. The molecule has 7 aromatic heterocycles. The summed E-state index contributed by atoms with van der Waals surface area (Å²) in [5, 5.41) is 10.5. The summed E-state index contributed by atoms with van der Waals surface area (Å²) in [5.41, 5.74) is 12.4. The fourth-order valence-corrected chi connectivity index (χ4v) is 11.0. The summed E-state index contributed by atoms with van der Waals surface area (Å²) in [5.74, 6) is 2.33. The molecule has 9 nitrogen and oxygen atoms in total. The van der Waals surface area contributed by atoms with E-state index in [0.717, 1.165) is 138 Å². The molecule has 71 heavy (non-hydrogen) atoms. The Morgan fingerprint density at radius 3 is 1.24 bits per heavy atom. The normalized spacial score (nSPS) is 12.2. The number of rotatable bonds is 5. The van der Waals surface area contributed by atoms with Gasteiger partial charge in [0.05, 0.1) is 27.8 Å². The van der Waals surface area contributed by atoms with Crippen molar-refractivity contribution in [3.05, 3.63) is 206 Å². The monoisotopic (exact) mass is 910 g/mol. The number of furan rings is 3. The Hall–Kier alpha value is -9.86. The second-order valence-corrected chi connectivity index (χ2v) is 18.2. The van der Waals surface area contributed by atoms with E-state index < -0.39 is 0 Å². The lowest BCUT2D eigenvalue weighted by Gasteiger charge is -2.13. The molecular formula is C62H34N6O3. The fourth-order valence-electron chi connectivity index (χ4n) is 11.0. The summed E-state index contributed by atoms with van der Waals surface area (Å²) in [7, 11) is 0. The highest BCUT2D eigenvalue weighted by atomic mass is 16.3. The van der Waals surface area contributed by atoms with Gasteiger partial charge < -0.3 is 13.3 Å². The predicted molar refractivity (Wildman–Crippen MR) is 284 cm³/mol. The van der Waals surface area contributed by atoms with Gasteiger partial charge in [-0.3, -0.25) is 9.13 Å². The molecule has 16 rings (SSSR count). The summed E-state index contributed by atoms with van der Waals surface area (Å²) >= 11 is 0. The van der Waals surface area contributed by atoms with E-state index in [9.17, 15) is 0 Å². The number of nitrogens with zero attached hydrogens (tertiary/aromatic N) is 6. The van der Waals surface area contributed by atoms with E-state index in [1.165, 1.54) is 0 Å². The zero-order chi connectivity index (χ0) is 46.3. The molecule has 0 atom stereocenters. The fraction of sp³-hybridized carbons (Fsp3) is 0. The van der Waals surface area contributed by atoms with Gasteiger partial charge in [0.15, 0.2) is 11.6 Å². The van der Waals surface area contributed by atoms with Crippen LogP contribution in [0.3, 0.4) is 0 Å². The van der Waals surface area contributed by atoms with E-state index in [0.29, 0.717) is 17.6 Å². The van der Waals surface area contributed by atoms with Crippen LogP contribution in [0.1, 0.15) is 0 Å². The van der Waals surface area contributed by atoms with Crippen molar-refractivity contribution in [2.75, 3.05) is 0 Å². The zero-order valence-electron chi connectivity index (χ0n) is 37.5. The van der Waals surface area contributed by atoms with Crippen LogP contribution in [0.4, 0.5) is 0 Å². The molecule has 0 aliphatic carbocycles. The summed E-state index contributed by atoms with van der Waals surface area (Å²) < 4.78 is 23.3. The Labute approximate surface area is 402 Å². The van der Waals surface area contributed by atoms with E-state index in [1.807, 2.05) is 84.9 Å². The van der Waals surface area contributed by atoms with E-state index in [2.05, 4.69) is 130 Å². The zero-order valence-corrected chi connectivity index (χ0v) is 37.5. The van der Waals surface area contributed by atoms with Gasteiger partial charge in [0, 0.05) is 70.6 Å². The first-order valence-electron chi connectivity index (χ1n) is 23.6. The van der Waals surface area contributed by atoms with Crippen molar-refractivity contribution >= 4 is 109 Å². The average Bonchev–Trinajstić information content (AvgIpc) is 4.25. The molecular weight excluding hydrogens is 877 g/mol. The Balaban J connectivity index is 0.979. The molecule has 330 valence electrons. The van der Waals surface area contributed by atoms with Crippen LogP contribution in [0, 0.1) is 0 Å². The molecule has 0 aliphatic rings. The molecule has 0 spiro atoms. The summed E-state index contributed by atoms with van der Waals surface area (Å²) in [6.45, 7) is 0. The van der Waals surface area contributed by atoms with Crippen molar-refractivity contribution in [2.45, 2.75) is 0 Å². The maximum Gasteiger partial charge on any atom is 0.238 e. The summed E-state index contributed by atoms with van der Waals surface area (Å²) in [6.07, 6.45) is 0. The number of fused-ring (bicyclic) bond motifs is 16. The third-order valence-corrected chi connectivity index (χ3v) is 14.2. The lowest BCUT2D eigenvalue weighted by Crippen LogP contribution is -2.07. The maximum absolute atomic E-state index is 6.28. The number of hydrogen-bond donors (Lipinski definition) is 0. The number of para-hydroxylation sites is 5. The molecule has 0 saturated heterocycles. The lowest BCUT2D eigenvalue weighted by atomic mass is 10.1. The molecule has 0 N–H and O–H groups in total. The van der Waals surface area contributed by atoms with Gasteiger partial charge in [-0.2, -0.15) is 9.97 Å². The molecule has 0 aliphatic heterocycles. The molecule has 7 heterocycles. The molecule has 16 aromatic rings. The van der Waals surface area contributed by atoms with Crippen LogP contribution < -0.4 is 0 Å². The molecule has 0 saturated carbocycles. The Bertz CT molecular complexity index is 4780. The van der Waals surface area contributed by atoms with E-state index in [1.54, 1.807) is 0 Å². The summed E-state index contributed by atoms with van der Waals surface area (Å²) in [6, 6.07) is 70.9. The number of aromatic nitrogens is 6. The minimum atomic E-state index is 0.483. The molecule has 0 fully saturated rings. The summed E-state index contributed by atoms with van der Waals surface area (Å²) in [4.78, 5) is 21.7. The Morgan fingerprint density at radius 1 is 0.282 bits per heavy atom. The maximum atomic E-state index is 6.28. The first-order valence-corrected chi connectivity index (χ1v) is 23.6. The minimum absolute atomic E-state index is 0.483. The average molecular weight is 911 g/mol. The predicted octanol–water partition coefficient (Wildman–Crippen LogP) is 16.2. The smallest absolute Gasteiger partial charge is 0.238 e. The van der Waals surface area contributed by atoms with E-state index >= 15 is 0 Å². The highest BCUT2D eigenvalue weighted by Gasteiger charge is 2.25.